The molecule has 0 fully saturated rings. The fourth-order valence-electron chi connectivity index (χ4n) is 1.47. The van der Waals surface area contributed by atoms with Gasteiger partial charge in [0.05, 0.1) is 5.69 Å². The van der Waals surface area contributed by atoms with Crippen LogP contribution in [-0.4, -0.2) is 22.9 Å². The molecule has 1 rings (SSSR count). The Hall–Kier alpha value is -2.10. The Morgan fingerprint density at radius 2 is 1.90 bits per heavy atom. The Bertz CT molecular complexity index is 547. The molecule has 0 aromatic heterocycles. The maximum absolute atomic E-state index is 12.0. The highest BCUT2D eigenvalue weighted by Crippen LogP contribution is 2.18. The van der Waals surface area contributed by atoms with Gasteiger partial charge in [0.15, 0.2) is 0 Å². The molecule has 4 heteroatoms. The van der Waals surface area contributed by atoms with Gasteiger partial charge in [-0.05, 0) is 46.2 Å². The molecule has 20 heavy (non-hydrogen) atoms. The van der Waals surface area contributed by atoms with E-state index in [4.69, 9.17) is 4.74 Å². The van der Waals surface area contributed by atoms with Crippen LogP contribution in [0.2, 0.25) is 0 Å². The number of aliphatic hydroxyl groups excluding tert-OH is 1. The van der Waals surface area contributed by atoms with Crippen molar-refractivity contribution in [2.45, 2.75) is 40.2 Å². The van der Waals surface area contributed by atoms with Crippen LogP contribution in [0.4, 0.5) is 5.69 Å². The normalized spacial score (nSPS) is 13.2. The third-order valence-electron chi connectivity index (χ3n) is 2.46. The van der Waals surface area contributed by atoms with Gasteiger partial charge < -0.3 is 9.84 Å². The summed E-state index contributed by atoms with van der Waals surface area (Å²) >= 11 is 0. The molecule has 1 N–H and O–H groups in total. The van der Waals surface area contributed by atoms with E-state index in [1.807, 2.05) is 31.2 Å². The average molecular weight is 275 g/mol. The number of hydrogen-bond donors (Lipinski definition) is 1. The molecule has 1 aromatic rings. The van der Waals surface area contributed by atoms with E-state index in [9.17, 15) is 9.90 Å². The molecule has 0 bridgehead atoms. The molecule has 0 saturated carbocycles. The number of allylic oxidation sites excluding steroid dienone is 1. The van der Waals surface area contributed by atoms with Gasteiger partial charge in [-0.1, -0.05) is 18.2 Å². The van der Waals surface area contributed by atoms with Crippen molar-refractivity contribution in [3.8, 4) is 0 Å². The number of aryl methyl sites for hydroxylation is 1. The third-order valence-corrected chi connectivity index (χ3v) is 2.46. The number of esters is 1. The van der Waals surface area contributed by atoms with Gasteiger partial charge in [-0.2, -0.15) is 0 Å². The van der Waals surface area contributed by atoms with Gasteiger partial charge in [0, 0.05) is 6.21 Å². The zero-order valence-corrected chi connectivity index (χ0v) is 12.6. The molecule has 0 aliphatic rings. The number of para-hydroxylation sites is 1. The highest BCUT2D eigenvalue weighted by atomic mass is 16.6. The molecule has 0 aliphatic heterocycles. The van der Waals surface area contributed by atoms with Gasteiger partial charge in [-0.15, -0.1) is 0 Å². The second-order valence-corrected chi connectivity index (χ2v) is 5.55. The lowest BCUT2D eigenvalue weighted by molar-refractivity contribution is -0.149. The Morgan fingerprint density at radius 1 is 1.30 bits per heavy atom. The fraction of sp³-hybridized carbons (Fsp3) is 0.375. The zero-order valence-electron chi connectivity index (χ0n) is 12.6. The highest BCUT2D eigenvalue weighted by Gasteiger charge is 2.20. The summed E-state index contributed by atoms with van der Waals surface area (Å²) in [6.07, 6.45) is 1.34. The summed E-state index contributed by atoms with van der Waals surface area (Å²) in [4.78, 5) is 16.2. The summed E-state index contributed by atoms with van der Waals surface area (Å²) in [7, 11) is 0. The van der Waals surface area contributed by atoms with Gasteiger partial charge in [0.25, 0.3) is 0 Å². The SMILES string of the molecule is C/C(O)=C(/C=Nc1ccccc1C)C(=O)OC(C)(C)C. The maximum Gasteiger partial charge on any atom is 0.343 e. The van der Waals surface area contributed by atoms with Crippen molar-refractivity contribution in [1.82, 2.24) is 0 Å². The number of aliphatic imine (C=N–C) groups is 1. The van der Waals surface area contributed by atoms with Crippen molar-refractivity contribution in [2.75, 3.05) is 0 Å². The topological polar surface area (TPSA) is 58.9 Å². The number of aliphatic hydroxyl groups is 1. The molecule has 0 atom stereocenters. The minimum atomic E-state index is -0.617. The smallest absolute Gasteiger partial charge is 0.343 e. The monoisotopic (exact) mass is 275 g/mol. The molecule has 0 amide bonds. The molecule has 0 saturated heterocycles. The van der Waals surface area contributed by atoms with Crippen LogP contribution < -0.4 is 0 Å². The Balaban J connectivity index is 2.99. The molecule has 1 aromatic carbocycles. The predicted octanol–water partition coefficient (Wildman–Crippen LogP) is 3.87. The quantitative estimate of drug-likeness (QED) is 0.394. The van der Waals surface area contributed by atoms with Crippen LogP contribution in [0.5, 0.6) is 0 Å². The van der Waals surface area contributed by atoms with Gasteiger partial charge in [0.2, 0.25) is 0 Å². The first-order valence-corrected chi connectivity index (χ1v) is 6.43. The van der Waals surface area contributed by atoms with Crippen molar-refractivity contribution in [3.63, 3.8) is 0 Å². The van der Waals surface area contributed by atoms with Gasteiger partial charge >= 0.3 is 5.97 Å². The number of carbonyl (C=O) groups excluding carboxylic acids is 1. The number of nitrogens with zero attached hydrogens (tertiary/aromatic N) is 1. The van der Waals surface area contributed by atoms with Gasteiger partial charge in [-0.25, -0.2) is 4.79 Å². The lowest BCUT2D eigenvalue weighted by Crippen LogP contribution is -2.25. The average Bonchev–Trinajstić information content (AvgIpc) is 2.28. The van der Waals surface area contributed by atoms with Crippen molar-refractivity contribution in [3.05, 3.63) is 41.2 Å². The summed E-state index contributed by atoms with van der Waals surface area (Å²) in [6.45, 7) is 8.67. The Labute approximate surface area is 119 Å². The summed E-state index contributed by atoms with van der Waals surface area (Å²) in [5.74, 6) is -0.702. The summed E-state index contributed by atoms with van der Waals surface area (Å²) in [5, 5.41) is 9.61. The van der Waals surface area contributed by atoms with Gasteiger partial charge in [-0.3, -0.25) is 4.99 Å². The van der Waals surface area contributed by atoms with Gasteiger partial charge in [0.1, 0.15) is 16.9 Å². The summed E-state index contributed by atoms with van der Waals surface area (Å²) in [5.41, 5.74) is 1.18. The minimum absolute atomic E-state index is 0.0585. The first-order valence-electron chi connectivity index (χ1n) is 6.43. The van der Waals surface area contributed by atoms with Crippen LogP contribution in [0.3, 0.4) is 0 Å². The largest absolute Gasteiger partial charge is 0.512 e. The van der Waals surface area contributed by atoms with E-state index >= 15 is 0 Å². The van der Waals surface area contributed by atoms with E-state index in [0.29, 0.717) is 0 Å². The molecule has 0 unspecified atom stereocenters. The van der Waals surface area contributed by atoms with E-state index < -0.39 is 11.6 Å². The fourth-order valence-corrected chi connectivity index (χ4v) is 1.47. The van der Waals surface area contributed by atoms with Crippen LogP contribution in [0.15, 0.2) is 40.6 Å². The first-order chi connectivity index (χ1) is 9.20. The second kappa shape index (κ2) is 6.37. The first kappa shape index (κ1) is 16.0. The van der Waals surface area contributed by atoms with E-state index in [-0.39, 0.29) is 11.3 Å². The number of rotatable bonds is 3. The molecule has 0 heterocycles. The molecular weight excluding hydrogens is 254 g/mol. The summed E-state index contributed by atoms with van der Waals surface area (Å²) < 4.78 is 5.23. The maximum atomic E-state index is 12.0. The lowest BCUT2D eigenvalue weighted by atomic mass is 10.1. The van der Waals surface area contributed by atoms with Crippen LogP contribution >= 0.6 is 0 Å². The van der Waals surface area contributed by atoms with Crippen LogP contribution in [0.1, 0.15) is 33.3 Å². The number of carbonyl (C=O) groups is 1. The molecule has 0 aliphatic carbocycles. The van der Waals surface area contributed by atoms with Crippen molar-refractivity contribution in [2.24, 2.45) is 4.99 Å². The van der Waals surface area contributed by atoms with Crippen molar-refractivity contribution >= 4 is 17.9 Å². The van der Waals surface area contributed by atoms with Crippen LogP contribution in [0.25, 0.3) is 0 Å². The number of benzene rings is 1. The molecule has 4 nitrogen and oxygen atoms in total. The van der Waals surface area contributed by atoms with Crippen molar-refractivity contribution in [1.29, 1.82) is 0 Å². The number of hydrogen-bond acceptors (Lipinski definition) is 4. The minimum Gasteiger partial charge on any atom is -0.512 e. The standard InChI is InChI=1S/C16H21NO3/c1-11-8-6-7-9-14(11)17-10-13(12(2)18)15(19)20-16(3,4)5/h6-10,18H,1-5H3/b13-12+,17-10?. The lowest BCUT2D eigenvalue weighted by Gasteiger charge is -2.19. The Morgan fingerprint density at radius 3 is 2.40 bits per heavy atom. The number of ether oxygens (including phenoxy) is 1. The van der Waals surface area contributed by atoms with E-state index in [2.05, 4.69) is 4.99 Å². The molecule has 108 valence electrons. The van der Waals surface area contributed by atoms with Crippen molar-refractivity contribution < 1.29 is 14.6 Å². The summed E-state index contributed by atoms with van der Waals surface area (Å²) in [6, 6.07) is 7.54. The Kier molecular flexibility index (Phi) is 5.08. The molecule has 0 spiro atoms. The third kappa shape index (κ3) is 4.88. The predicted molar refractivity (Wildman–Crippen MR) is 80.5 cm³/mol. The van der Waals surface area contributed by atoms with E-state index in [1.54, 1.807) is 20.8 Å². The van der Waals surface area contributed by atoms with Crippen LogP contribution in [-0.2, 0) is 9.53 Å². The second-order valence-electron chi connectivity index (χ2n) is 5.55. The van der Waals surface area contributed by atoms with E-state index in [1.165, 1.54) is 13.1 Å². The zero-order chi connectivity index (χ0) is 15.3. The van der Waals surface area contributed by atoms with E-state index in [0.717, 1.165) is 11.3 Å². The molecule has 0 radical (unpaired) electrons. The molecular formula is C16H21NO3. The van der Waals surface area contributed by atoms with Crippen LogP contribution in [0, 0.1) is 6.92 Å². The highest BCUT2D eigenvalue weighted by molar-refractivity contribution is 6.10.